The lowest BCUT2D eigenvalue weighted by atomic mass is 9.82. The van der Waals surface area contributed by atoms with Gasteiger partial charge in [-0.15, -0.1) is 0 Å². The van der Waals surface area contributed by atoms with E-state index in [1.807, 2.05) is 6.92 Å². The maximum Gasteiger partial charge on any atom is 0.111 e. The number of nitrogens with one attached hydrogen (secondary N) is 1. The first-order valence-electron chi connectivity index (χ1n) is 11.6. The molecule has 5 nitrogen and oxygen atoms in total. The van der Waals surface area contributed by atoms with Crippen LogP contribution < -0.4 is 5.32 Å². The summed E-state index contributed by atoms with van der Waals surface area (Å²) < 4.78 is 7.94. The number of anilines is 1. The van der Waals surface area contributed by atoms with Crippen LogP contribution in [0.4, 0.5) is 5.69 Å². The second-order valence-electron chi connectivity index (χ2n) is 9.10. The van der Waals surface area contributed by atoms with E-state index in [0.717, 1.165) is 51.0 Å². The third-order valence-corrected chi connectivity index (χ3v) is 7.07. The maximum atomic E-state index is 10.9. The Kier molecular flexibility index (Phi) is 5.40. The van der Waals surface area contributed by atoms with Crippen LogP contribution in [0.5, 0.6) is 0 Å². The standard InChI is InChI=1S/C26H33N3O2/c1-3-31-21-9-7-20(8-10-21)18-25(30)28-15-12-26(13-16-28)24-5-4-14-29(24)23-11-6-19(2)17-22(23)27-26/h4-7,9,11,14,17,25,27,30H,3,8,10,12-13,15-16,18H2,1-2H3. The highest BCUT2D eigenvalue weighted by atomic mass is 16.5. The SMILES string of the molecule is CCOC1=CC=C(CC(O)N2CCC3(CC2)Nc2cc(C)ccc2-n2cccc23)CC1. The van der Waals surface area contributed by atoms with Crippen molar-refractivity contribution in [2.24, 2.45) is 0 Å². The Hall–Kier alpha value is -2.50. The van der Waals surface area contributed by atoms with E-state index < -0.39 is 6.23 Å². The minimum absolute atomic E-state index is 0.0697. The summed E-state index contributed by atoms with van der Waals surface area (Å²) in [4.78, 5) is 2.24. The second-order valence-corrected chi connectivity index (χ2v) is 9.10. The van der Waals surface area contributed by atoms with Gasteiger partial charge in [0, 0.05) is 37.8 Å². The van der Waals surface area contributed by atoms with Gasteiger partial charge in [-0.3, -0.25) is 4.90 Å². The van der Waals surface area contributed by atoms with Crippen molar-refractivity contribution in [2.45, 2.75) is 57.7 Å². The number of fused-ring (bicyclic) bond motifs is 4. The Morgan fingerprint density at radius 3 is 2.74 bits per heavy atom. The normalized spacial score (nSPS) is 20.9. The maximum absolute atomic E-state index is 10.9. The number of ether oxygens (including phenoxy) is 1. The molecule has 0 saturated carbocycles. The third kappa shape index (κ3) is 3.81. The minimum Gasteiger partial charge on any atom is -0.498 e. The molecule has 3 aliphatic rings. The Morgan fingerprint density at radius 2 is 2.00 bits per heavy atom. The van der Waals surface area contributed by atoms with Crippen molar-refractivity contribution >= 4 is 5.69 Å². The smallest absolute Gasteiger partial charge is 0.111 e. The van der Waals surface area contributed by atoms with E-state index in [1.54, 1.807) is 0 Å². The number of hydrogen-bond donors (Lipinski definition) is 2. The second kappa shape index (κ2) is 8.21. The van der Waals surface area contributed by atoms with Crippen molar-refractivity contribution in [3.8, 4) is 5.69 Å². The van der Waals surface area contributed by atoms with Crippen molar-refractivity contribution in [1.29, 1.82) is 0 Å². The number of nitrogens with zero attached hydrogens (tertiary/aromatic N) is 2. The third-order valence-electron chi connectivity index (χ3n) is 7.07. The lowest BCUT2D eigenvalue weighted by molar-refractivity contribution is -0.0194. The van der Waals surface area contributed by atoms with Crippen molar-refractivity contribution in [2.75, 3.05) is 25.0 Å². The van der Waals surface area contributed by atoms with E-state index in [4.69, 9.17) is 4.74 Å². The van der Waals surface area contributed by atoms with Crippen LogP contribution in [-0.4, -0.2) is 40.5 Å². The largest absolute Gasteiger partial charge is 0.498 e. The molecule has 2 N–H and O–H groups in total. The molecule has 1 aromatic heterocycles. The predicted molar refractivity (Wildman–Crippen MR) is 124 cm³/mol. The molecule has 31 heavy (non-hydrogen) atoms. The summed E-state index contributed by atoms with van der Waals surface area (Å²) in [5.74, 6) is 1.06. The van der Waals surface area contributed by atoms with Gasteiger partial charge in [0.2, 0.25) is 0 Å². The van der Waals surface area contributed by atoms with Gasteiger partial charge in [0.25, 0.3) is 0 Å². The van der Waals surface area contributed by atoms with Crippen molar-refractivity contribution in [3.63, 3.8) is 0 Å². The summed E-state index contributed by atoms with van der Waals surface area (Å²) in [6.07, 6.45) is 10.6. The summed E-state index contributed by atoms with van der Waals surface area (Å²) in [7, 11) is 0. The van der Waals surface area contributed by atoms with Gasteiger partial charge in [0.15, 0.2) is 0 Å². The van der Waals surface area contributed by atoms with E-state index in [0.29, 0.717) is 6.61 Å². The fraction of sp³-hybridized carbons (Fsp3) is 0.462. The molecule has 1 unspecified atom stereocenters. The van der Waals surface area contributed by atoms with Crippen LogP contribution in [0, 0.1) is 6.92 Å². The Morgan fingerprint density at radius 1 is 1.16 bits per heavy atom. The summed E-state index contributed by atoms with van der Waals surface area (Å²) in [6.45, 7) is 6.65. The van der Waals surface area contributed by atoms with E-state index >= 15 is 0 Å². The van der Waals surface area contributed by atoms with Gasteiger partial charge >= 0.3 is 0 Å². The Labute approximate surface area is 185 Å². The number of aliphatic hydroxyl groups is 1. The number of aromatic nitrogens is 1. The lowest BCUT2D eigenvalue weighted by Crippen LogP contribution is -2.52. The van der Waals surface area contributed by atoms with Crippen LogP contribution in [0.3, 0.4) is 0 Å². The van der Waals surface area contributed by atoms with Crippen molar-refractivity contribution in [3.05, 3.63) is 71.3 Å². The van der Waals surface area contributed by atoms with Gasteiger partial charge in [0.1, 0.15) is 6.23 Å². The summed E-state index contributed by atoms with van der Waals surface area (Å²) in [6, 6.07) is 11.0. The molecule has 5 rings (SSSR count). The molecule has 1 spiro atoms. The number of rotatable bonds is 5. The molecule has 0 radical (unpaired) electrons. The van der Waals surface area contributed by atoms with Crippen LogP contribution >= 0.6 is 0 Å². The quantitative estimate of drug-likeness (QED) is 0.727. The molecule has 1 fully saturated rings. The number of aryl methyl sites for hydroxylation is 1. The molecule has 1 aliphatic carbocycles. The van der Waals surface area contributed by atoms with Crippen molar-refractivity contribution in [1.82, 2.24) is 9.47 Å². The molecule has 164 valence electrons. The average molecular weight is 420 g/mol. The number of hydrogen-bond acceptors (Lipinski definition) is 4. The van der Waals surface area contributed by atoms with Crippen molar-refractivity contribution < 1.29 is 9.84 Å². The number of piperidine rings is 1. The van der Waals surface area contributed by atoms with E-state index in [9.17, 15) is 5.11 Å². The summed E-state index contributed by atoms with van der Waals surface area (Å²) >= 11 is 0. The fourth-order valence-corrected chi connectivity index (χ4v) is 5.35. The topological polar surface area (TPSA) is 49.7 Å². The first-order chi connectivity index (χ1) is 15.1. The molecule has 2 aromatic rings. The van der Waals surface area contributed by atoms with Crippen LogP contribution in [0.15, 0.2) is 60.0 Å². The number of aliphatic hydroxyl groups excluding tert-OH is 1. The lowest BCUT2D eigenvalue weighted by Gasteiger charge is -2.47. The molecular weight excluding hydrogens is 386 g/mol. The summed E-state index contributed by atoms with van der Waals surface area (Å²) in [5, 5.41) is 14.8. The zero-order chi connectivity index (χ0) is 21.4. The molecule has 2 aliphatic heterocycles. The van der Waals surface area contributed by atoms with E-state index in [2.05, 4.69) is 70.4 Å². The number of allylic oxidation sites excluding steroid dienone is 3. The Bertz CT molecular complexity index is 1010. The average Bonchev–Trinajstić information content (AvgIpc) is 3.27. The molecule has 1 aromatic carbocycles. The summed E-state index contributed by atoms with van der Waals surface area (Å²) in [5.41, 5.74) is 6.28. The van der Waals surface area contributed by atoms with Gasteiger partial charge in [-0.05, 0) is 69.0 Å². The number of likely N-dealkylation sites (tertiary alicyclic amines) is 1. The molecule has 1 saturated heterocycles. The first-order valence-corrected chi connectivity index (χ1v) is 11.6. The molecule has 1 atom stereocenters. The number of benzene rings is 1. The van der Waals surface area contributed by atoms with Crippen LogP contribution in [0.25, 0.3) is 5.69 Å². The molecular formula is C26H33N3O2. The minimum atomic E-state index is -0.421. The fourth-order valence-electron chi connectivity index (χ4n) is 5.35. The van der Waals surface area contributed by atoms with Gasteiger partial charge in [0.05, 0.1) is 29.3 Å². The van der Waals surface area contributed by atoms with Crippen LogP contribution in [0.2, 0.25) is 0 Å². The molecule has 0 amide bonds. The van der Waals surface area contributed by atoms with Gasteiger partial charge in [-0.1, -0.05) is 17.7 Å². The Balaban J connectivity index is 1.27. The molecule has 0 bridgehead atoms. The van der Waals surface area contributed by atoms with E-state index in [-0.39, 0.29) is 5.54 Å². The van der Waals surface area contributed by atoms with Gasteiger partial charge in [-0.2, -0.15) is 0 Å². The first kappa shape index (κ1) is 20.4. The van der Waals surface area contributed by atoms with Crippen LogP contribution in [0.1, 0.15) is 50.3 Å². The van der Waals surface area contributed by atoms with Gasteiger partial charge < -0.3 is 19.7 Å². The zero-order valence-electron chi connectivity index (χ0n) is 18.6. The highest BCUT2D eigenvalue weighted by Gasteiger charge is 2.42. The van der Waals surface area contributed by atoms with E-state index in [1.165, 1.54) is 28.2 Å². The predicted octanol–water partition coefficient (Wildman–Crippen LogP) is 4.85. The monoisotopic (exact) mass is 419 g/mol. The van der Waals surface area contributed by atoms with Crippen LogP contribution in [-0.2, 0) is 10.3 Å². The highest BCUT2D eigenvalue weighted by molar-refractivity contribution is 5.68. The van der Waals surface area contributed by atoms with Gasteiger partial charge in [-0.25, -0.2) is 0 Å². The molecule has 3 heterocycles. The molecule has 5 heteroatoms. The highest BCUT2D eigenvalue weighted by Crippen LogP contribution is 2.44. The zero-order valence-corrected chi connectivity index (χ0v) is 18.6.